The van der Waals surface area contributed by atoms with E-state index in [1.54, 1.807) is 20.2 Å². The molecule has 3 heterocycles. The Balaban J connectivity index is 1.95. The second-order valence-corrected chi connectivity index (χ2v) is 7.41. The van der Waals surface area contributed by atoms with Crippen LogP contribution in [0.5, 0.6) is 5.88 Å². The normalized spacial score (nSPS) is 17.1. The van der Waals surface area contributed by atoms with Crippen LogP contribution in [0.15, 0.2) is 23.5 Å². The maximum atomic E-state index is 11.9. The van der Waals surface area contributed by atoms with Crippen LogP contribution in [-0.4, -0.2) is 54.4 Å². The van der Waals surface area contributed by atoms with Gasteiger partial charge in [-0.25, -0.2) is 4.98 Å². The summed E-state index contributed by atoms with van der Waals surface area (Å²) in [6.45, 7) is 7.72. The summed E-state index contributed by atoms with van der Waals surface area (Å²) >= 11 is 0. The monoisotopic (exact) mass is 371 g/mol. The Bertz CT molecular complexity index is 772. The van der Waals surface area contributed by atoms with Crippen molar-refractivity contribution >= 4 is 17.4 Å². The third kappa shape index (κ3) is 4.07. The molecule has 0 atom stereocenters. The van der Waals surface area contributed by atoms with Crippen LogP contribution in [0.3, 0.4) is 0 Å². The number of nitrogens with zero attached hydrogens (tertiary/aromatic N) is 3. The zero-order valence-electron chi connectivity index (χ0n) is 16.6. The van der Waals surface area contributed by atoms with E-state index < -0.39 is 0 Å². The second kappa shape index (κ2) is 7.98. The van der Waals surface area contributed by atoms with E-state index in [0.717, 1.165) is 48.3 Å². The fourth-order valence-corrected chi connectivity index (χ4v) is 3.72. The van der Waals surface area contributed by atoms with E-state index in [4.69, 9.17) is 10.1 Å². The molecular weight excluding hydrogens is 342 g/mol. The number of methoxy groups -OCH3 is 1. The third-order valence-electron chi connectivity index (χ3n) is 5.08. The van der Waals surface area contributed by atoms with Crippen molar-refractivity contribution in [2.75, 3.05) is 31.6 Å². The molecule has 2 aliphatic heterocycles. The lowest BCUT2D eigenvalue weighted by atomic mass is 9.99. The van der Waals surface area contributed by atoms with Gasteiger partial charge in [0.05, 0.1) is 25.5 Å². The van der Waals surface area contributed by atoms with E-state index in [1.165, 1.54) is 0 Å². The van der Waals surface area contributed by atoms with Gasteiger partial charge in [-0.2, -0.15) is 0 Å². The molecule has 0 bridgehead atoms. The predicted octanol–water partition coefficient (Wildman–Crippen LogP) is 2.32. The number of fused-ring (bicyclic) bond motifs is 1. The van der Waals surface area contributed by atoms with Gasteiger partial charge in [0, 0.05) is 49.8 Å². The maximum absolute atomic E-state index is 11.9. The Morgan fingerprint density at radius 2 is 2.11 bits per heavy atom. The SMILES string of the molecule is COc1cc2c(cn1)N(C(=N)C1=C(NC(C)C)CCN(C(C)=O)C1)CCC2. The average molecular weight is 371 g/mol. The number of rotatable bonds is 4. The van der Waals surface area contributed by atoms with Gasteiger partial charge < -0.3 is 19.9 Å². The van der Waals surface area contributed by atoms with Crippen molar-refractivity contribution in [3.05, 3.63) is 29.1 Å². The van der Waals surface area contributed by atoms with E-state index in [2.05, 4.69) is 24.1 Å². The Morgan fingerprint density at radius 1 is 1.33 bits per heavy atom. The molecule has 3 rings (SSSR count). The van der Waals surface area contributed by atoms with Gasteiger partial charge in [-0.15, -0.1) is 0 Å². The Kier molecular flexibility index (Phi) is 5.68. The summed E-state index contributed by atoms with van der Waals surface area (Å²) in [7, 11) is 1.62. The van der Waals surface area contributed by atoms with Gasteiger partial charge in [0.2, 0.25) is 11.8 Å². The van der Waals surface area contributed by atoms with Crippen LogP contribution in [-0.2, 0) is 11.2 Å². The van der Waals surface area contributed by atoms with Gasteiger partial charge in [0.15, 0.2) is 0 Å². The fourth-order valence-electron chi connectivity index (χ4n) is 3.72. The van der Waals surface area contributed by atoms with E-state index in [0.29, 0.717) is 24.8 Å². The summed E-state index contributed by atoms with van der Waals surface area (Å²) in [6.07, 6.45) is 4.47. The number of carbonyl (C=O) groups is 1. The lowest BCUT2D eigenvalue weighted by Crippen LogP contribution is -2.45. The first kappa shape index (κ1) is 19.2. The highest BCUT2D eigenvalue weighted by Gasteiger charge is 2.29. The van der Waals surface area contributed by atoms with Crippen LogP contribution < -0.4 is 15.0 Å². The van der Waals surface area contributed by atoms with Crippen LogP contribution in [0.25, 0.3) is 0 Å². The highest BCUT2D eigenvalue weighted by molar-refractivity contribution is 6.09. The van der Waals surface area contributed by atoms with Gasteiger partial charge in [0.25, 0.3) is 0 Å². The van der Waals surface area contributed by atoms with Crippen LogP contribution in [0, 0.1) is 5.41 Å². The summed E-state index contributed by atoms with van der Waals surface area (Å²) in [5.41, 5.74) is 4.08. The second-order valence-electron chi connectivity index (χ2n) is 7.41. The van der Waals surface area contributed by atoms with Crippen molar-refractivity contribution in [1.82, 2.24) is 15.2 Å². The largest absolute Gasteiger partial charge is 0.481 e. The molecule has 0 unspecified atom stereocenters. The van der Waals surface area contributed by atoms with Crippen LogP contribution in [0.2, 0.25) is 0 Å². The number of amides is 1. The Hall–Kier alpha value is -2.57. The number of aryl methyl sites for hydroxylation is 1. The number of hydrogen-bond donors (Lipinski definition) is 2. The highest BCUT2D eigenvalue weighted by Crippen LogP contribution is 2.31. The summed E-state index contributed by atoms with van der Waals surface area (Å²) in [6, 6.07) is 2.24. The van der Waals surface area contributed by atoms with Crippen molar-refractivity contribution in [1.29, 1.82) is 5.41 Å². The Labute approximate surface area is 160 Å². The molecule has 0 aromatic carbocycles. The summed E-state index contributed by atoms with van der Waals surface area (Å²) < 4.78 is 5.25. The highest BCUT2D eigenvalue weighted by atomic mass is 16.5. The predicted molar refractivity (Wildman–Crippen MR) is 106 cm³/mol. The number of ether oxygens (including phenoxy) is 1. The first-order chi connectivity index (χ1) is 12.9. The number of carbonyl (C=O) groups excluding carboxylic acids is 1. The van der Waals surface area contributed by atoms with Gasteiger partial charge in [-0.1, -0.05) is 0 Å². The van der Waals surface area contributed by atoms with Crippen molar-refractivity contribution < 1.29 is 9.53 Å². The number of hydrogen-bond acceptors (Lipinski definition) is 5. The molecule has 7 nitrogen and oxygen atoms in total. The zero-order valence-corrected chi connectivity index (χ0v) is 16.6. The first-order valence-corrected chi connectivity index (χ1v) is 9.54. The van der Waals surface area contributed by atoms with Crippen LogP contribution >= 0.6 is 0 Å². The molecule has 0 saturated heterocycles. The van der Waals surface area contributed by atoms with Crippen molar-refractivity contribution in [3.8, 4) is 5.88 Å². The van der Waals surface area contributed by atoms with E-state index >= 15 is 0 Å². The van der Waals surface area contributed by atoms with Crippen molar-refractivity contribution in [2.24, 2.45) is 0 Å². The van der Waals surface area contributed by atoms with Gasteiger partial charge in [-0.3, -0.25) is 10.2 Å². The summed E-state index contributed by atoms with van der Waals surface area (Å²) in [5.74, 6) is 1.11. The smallest absolute Gasteiger partial charge is 0.219 e. The molecule has 1 aromatic rings. The minimum absolute atomic E-state index is 0.0503. The van der Waals surface area contributed by atoms with Gasteiger partial charge in [-0.05, 0) is 32.3 Å². The Morgan fingerprint density at radius 3 is 2.78 bits per heavy atom. The maximum Gasteiger partial charge on any atom is 0.219 e. The van der Waals surface area contributed by atoms with Crippen molar-refractivity contribution in [3.63, 3.8) is 0 Å². The standard InChI is InChI=1S/C20H29N5O2/c1-13(2)23-17-7-9-24(14(3)26)12-16(17)20(21)25-8-5-6-15-10-19(27-4)22-11-18(15)25/h10-11,13,21,23H,5-9,12H2,1-4H3. The summed E-state index contributed by atoms with van der Waals surface area (Å²) in [4.78, 5) is 20.1. The molecular formula is C20H29N5O2. The van der Waals surface area contributed by atoms with E-state index in [9.17, 15) is 4.79 Å². The third-order valence-corrected chi connectivity index (χ3v) is 5.08. The molecule has 0 radical (unpaired) electrons. The average Bonchev–Trinajstić information content (AvgIpc) is 2.66. The number of anilines is 1. The molecule has 1 aromatic heterocycles. The molecule has 7 heteroatoms. The molecule has 0 aliphatic carbocycles. The number of amidine groups is 1. The first-order valence-electron chi connectivity index (χ1n) is 9.54. The molecule has 2 aliphatic rings. The van der Waals surface area contributed by atoms with Crippen LogP contribution in [0.4, 0.5) is 5.69 Å². The van der Waals surface area contributed by atoms with E-state index in [-0.39, 0.29) is 11.9 Å². The topological polar surface area (TPSA) is 81.6 Å². The van der Waals surface area contributed by atoms with Crippen molar-refractivity contribution in [2.45, 2.75) is 46.1 Å². The van der Waals surface area contributed by atoms with Gasteiger partial charge >= 0.3 is 0 Å². The lowest BCUT2D eigenvalue weighted by molar-refractivity contribution is -0.128. The minimum atomic E-state index is 0.0503. The molecule has 27 heavy (non-hydrogen) atoms. The molecule has 1 amide bonds. The van der Waals surface area contributed by atoms with Gasteiger partial charge in [0.1, 0.15) is 5.84 Å². The fraction of sp³-hybridized carbons (Fsp3) is 0.550. The molecule has 2 N–H and O–H groups in total. The lowest BCUT2D eigenvalue weighted by Gasteiger charge is -2.37. The number of aromatic nitrogens is 1. The van der Waals surface area contributed by atoms with E-state index in [1.807, 2.05) is 15.9 Å². The molecule has 0 fully saturated rings. The minimum Gasteiger partial charge on any atom is -0.481 e. The zero-order chi connectivity index (χ0) is 19.6. The van der Waals surface area contributed by atoms with Crippen LogP contribution in [0.1, 0.15) is 39.2 Å². The quantitative estimate of drug-likeness (QED) is 0.627. The number of nitrogens with one attached hydrogen (secondary N) is 2. The molecule has 0 saturated carbocycles. The number of pyridine rings is 1. The molecule has 0 spiro atoms. The summed E-state index contributed by atoms with van der Waals surface area (Å²) in [5, 5.41) is 12.4. The molecule has 146 valence electrons.